The van der Waals surface area contributed by atoms with Crippen molar-refractivity contribution in [1.29, 1.82) is 0 Å². The summed E-state index contributed by atoms with van der Waals surface area (Å²) in [4.78, 5) is 11.4. The van der Waals surface area contributed by atoms with E-state index < -0.39 is 0 Å². The molecule has 0 heterocycles. The molecule has 0 aliphatic carbocycles. The van der Waals surface area contributed by atoms with E-state index in [1.165, 1.54) is 0 Å². The molecule has 0 spiro atoms. The van der Waals surface area contributed by atoms with Gasteiger partial charge in [-0.25, -0.2) is 0 Å². The second-order valence-corrected chi connectivity index (χ2v) is 3.08. The predicted molar refractivity (Wildman–Crippen MR) is 50.2 cm³/mol. The van der Waals surface area contributed by atoms with Crippen molar-refractivity contribution in [2.75, 3.05) is 13.4 Å². The SMILES string of the molecule is COc1ccc(C=O)cc1SC. The normalized spacial score (nSPS) is 9.50. The summed E-state index contributed by atoms with van der Waals surface area (Å²) in [7, 11) is 1.62. The summed E-state index contributed by atoms with van der Waals surface area (Å²) in [6.45, 7) is 0. The highest BCUT2D eigenvalue weighted by atomic mass is 32.2. The van der Waals surface area contributed by atoms with Gasteiger partial charge >= 0.3 is 0 Å². The summed E-state index contributed by atoms with van der Waals surface area (Å²) in [6, 6.07) is 5.36. The third-order valence-electron chi connectivity index (χ3n) is 1.54. The Morgan fingerprint density at radius 1 is 1.50 bits per heavy atom. The van der Waals surface area contributed by atoms with Gasteiger partial charge in [-0.2, -0.15) is 0 Å². The third kappa shape index (κ3) is 1.80. The van der Waals surface area contributed by atoms with Crippen molar-refractivity contribution in [3.63, 3.8) is 0 Å². The fraction of sp³-hybridized carbons (Fsp3) is 0.222. The van der Waals surface area contributed by atoms with E-state index in [1.807, 2.05) is 12.3 Å². The quantitative estimate of drug-likeness (QED) is 0.529. The van der Waals surface area contributed by atoms with Crippen molar-refractivity contribution >= 4 is 18.0 Å². The standard InChI is InChI=1S/C9H10O2S/c1-11-8-4-3-7(6-10)5-9(8)12-2/h3-6H,1-2H3. The Morgan fingerprint density at radius 3 is 2.75 bits per heavy atom. The maximum atomic E-state index is 10.4. The number of hydrogen-bond donors (Lipinski definition) is 0. The summed E-state index contributed by atoms with van der Waals surface area (Å²) in [5.41, 5.74) is 0.681. The van der Waals surface area contributed by atoms with Crippen molar-refractivity contribution in [2.24, 2.45) is 0 Å². The maximum Gasteiger partial charge on any atom is 0.150 e. The zero-order valence-electron chi connectivity index (χ0n) is 7.03. The fourth-order valence-corrected chi connectivity index (χ4v) is 1.53. The van der Waals surface area contributed by atoms with Gasteiger partial charge in [0, 0.05) is 10.5 Å². The third-order valence-corrected chi connectivity index (χ3v) is 2.30. The van der Waals surface area contributed by atoms with Gasteiger partial charge < -0.3 is 4.74 Å². The first-order valence-electron chi connectivity index (χ1n) is 3.49. The van der Waals surface area contributed by atoms with Crippen LogP contribution in [0.3, 0.4) is 0 Å². The minimum Gasteiger partial charge on any atom is -0.496 e. The summed E-state index contributed by atoms with van der Waals surface area (Å²) in [6.07, 6.45) is 2.78. The molecule has 1 rings (SSSR count). The van der Waals surface area contributed by atoms with E-state index in [2.05, 4.69) is 0 Å². The van der Waals surface area contributed by atoms with Crippen LogP contribution in [0, 0.1) is 0 Å². The van der Waals surface area contributed by atoms with E-state index in [0.717, 1.165) is 16.9 Å². The molecule has 0 unspecified atom stereocenters. The van der Waals surface area contributed by atoms with Crippen molar-refractivity contribution in [3.05, 3.63) is 23.8 Å². The molecule has 1 aromatic rings. The van der Waals surface area contributed by atoms with Crippen molar-refractivity contribution in [3.8, 4) is 5.75 Å². The first-order valence-corrected chi connectivity index (χ1v) is 4.71. The summed E-state index contributed by atoms with van der Waals surface area (Å²) >= 11 is 1.57. The molecule has 0 fully saturated rings. The van der Waals surface area contributed by atoms with Crippen LogP contribution >= 0.6 is 11.8 Å². The molecule has 1 aromatic carbocycles. The molecule has 0 atom stereocenters. The Kier molecular flexibility index (Phi) is 3.17. The van der Waals surface area contributed by atoms with Gasteiger partial charge in [-0.15, -0.1) is 11.8 Å². The van der Waals surface area contributed by atoms with Crippen LogP contribution in [-0.2, 0) is 0 Å². The molecule has 3 heteroatoms. The Balaban J connectivity index is 3.10. The highest BCUT2D eigenvalue weighted by Crippen LogP contribution is 2.27. The van der Waals surface area contributed by atoms with Crippen molar-refractivity contribution < 1.29 is 9.53 Å². The molecule has 2 nitrogen and oxygen atoms in total. The molecule has 0 saturated heterocycles. The lowest BCUT2D eigenvalue weighted by Crippen LogP contribution is -1.87. The summed E-state index contributed by atoms with van der Waals surface area (Å²) in [5, 5.41) is 0. The number of aldehydes is 1. The largest absolute Gasteiger partial charge is 0.496 e. The number of thioether (sulfide) groups is 1. The smallest absolute Gasteiger partial charge is 0.150 e. The van der Waals surface area contributed by atoms with Crippen LogP contribution in [0.1, 0.15) is 10.4 Å². The number of benzene rings is 1. The van der Waals surface area contributed by atoms with Crippen LogP contribution in [0.2, 0.25) is 0 Å². The molecule has 0 N–H and O–H groups in total. The zero-order valence-corrected chi connectivity index (χ0v) is 7.85. The van der Waals surface area contributed by atoms with Gasteiger partial charge in [0.2, 0.25) is 0 Å². The van der Waals surface area contributed by atoms with Crippen LogP contribution in [0.5, 0.6) is 5.75 Å². The highest BCUT2D eigenvalue weighted by molar-refractivity contribution is 7.98. The molecule has 0 saturated carbocycles. The first-order chi connectivity index (χ1) is 5.81. The number of rotatable bonds is 3. The van der Waals surface area contributed by atoms with E-state index in [1.54, 1.807) is 31.0 Å². The zero-order chi connectivity index (χ0) is 8.97. The number of hydrogen-bond acceptors (Lipinski definition) is 3. The Bertz CT molecular complexity index is 284. The second-order valence-electron chi connectivity index (χ2n) is 2.23. The molecule has 0 bridgehead atoms. The van der Waals surface area contributed by atoms with E-state index >= 15 is 0 Å². The van der Waals surface area contributed by atoms with Gasteiger partial charge in [0.05, 0.1) is 7.11 Å². The maximum absolute atomic E-state index is 10.4. The van der Waals surface area contributed by atoms with Gasteiger partial charge in [-0.05, 0) is 24.5 Å². The monoisotopic (exact) mass is 182 g/mol. The molecule has 64 valence electrons. The Hall–Kier alpha value is -0.960. The van der Waals surface area contributed by atoms with E-state index in [-0.39, 0.29) is 0 Å². The minimum absolute atomic E-state index is 0.681. The van der Waals surface area contributed by atoms with E-state index in [9.17, 15) is 4.79 Å². The highest BCUT2D eigenvalue weighted by Gasteiger charge is 2.01. The van der Waals surface area contributed by atoms with Crippen LogP contribution in [-0.4, -0.2) is 19.7 Å². The Labute approximate surface area is 75.9 Å². The van der Waals surface area contributed by atoms with Crippen molar-refractivity contribution in [2.45, 2.75) is 4.90 Å². The molecular formula is C9H10O2S. The molecule has 0 aliphatic heterocycles. The first kappa shape index (κ1) is 9.13. The van der Waals surface area contributed by atoms with Crippen LogP contribution in [0.4, 0.5) is 0 Å². The Morgan fingerprint density at radius 2 is 2.25 bits per heavy atom. The van der Waals surface area contributed by atoms with Gasteiger partial charge in [-0.1, -0.05) is 0 Å². The summed E-state index contributed by atoms with van der Waals surface area (Å²) in [5.74, 6) is 0.813. The molecule has 0 aliphatic rings. The van der Waals surface area contributed by atoms with E-state index in [0.29, 0.717) is 5.56 Å². The number of methoxy groups -OCH3 is 1. The number of carbonyl (C=O) groups excluding carboxylic acids is 1. The lowest BCUT2D eigenvalue weighted by atomic mass is 10.2. The lowest BCUT2D eigenvalue weighted by molar-refractivity contribution is 0.112. The molecular weight excluding hydrogens is 172 g/mol. The number of carbonyl (C=O) groups is 1. The number of ether oxygens (including phenoxy) is 1. The fourth-order valence-electron chi connectivity index (χ4n) is 0.926. The topological polar surface area (TPSA) is 26.3 Å². The minimum atomic E-state index is 0.681. The van der Waals surface area contributed by atoms with Gasteiger partial charge in [-0.3, -0.25) is 4.79 Å². The lowest BCUT2D eigenvalue weighted by Gasteiger charge is -2.05. The average Bonchev–Trinajstić information content (AvgIpc) is 2.16. The molecule has 0 amide bonds. The van der Waals surface area contributed by atoms with Crippen LogP contribution < -0.4 is 4.74 Å². The van der Waals surface area contributed by atoms with Crippen LogP contribution in [0.15, 0.2) is 23.1 Å². The van der Waals surface area contributed by atoms with E-state index in [4.69, 9.17) is 4.74 Å². The van der Waals surface area contributed by atoms with Crippen LogP contribution in [0.25, 0.3) is 0 Å². The molecule has 0 aromatic heterocycles. The van der Waals surface area contributed by atoms with Crippen molar-refractivity contribution in [1.82, 2.24) is 0 Å². The second kappa shape index (κ2) is 4.16. The molecule has 0 radical (unpaired) electrons. The van der Waals surface area contributed by atoms with Gasteiger partial charge in [0.15, 0.2) is 0 Å². The predicted octanol–water partition coefficient (Wildman–Crippen LogP) is 2.23. The summed E-state index contributed by atoms with van der Waals surface area (Å²) < 4.78 is 5.10. The molecule has 12 heavy (non-hydrogen) atoms. The van der Waals surface area contributed by atoms with Gasteiger partial charge in [0.1, 0.15) is 12.0 Å². The van der Waals surface area contributed by atoms with Gasteiger partial charge in [0.25, 0.3) is 0 Å². The average molecular weight is 182 g/mol.